The van der Waals surface area contributed by atoms with Crippen molar-refractivity contribution in [2.24, 2.45) is 0 Å². The first-order chi connectivity index (χ1) is 12.9. The lowest BCUT2D eigenvalue weighted by atomic mass is 10.1. The van der Waals surface area contributed by atoms with Crippen LogP contribution in [0.25, 0.3) is 0 Å². The smallest absolute Gasteiger partial charge is 0.254 e. The lowest BCUT2D eigenvalue weighted by Crippen LogP contribution is -2.40. The predicted octanol–water partition coefficient (Wildman–Crippen LogP) is 3.45. The minimum atomic E-state index is -3.08. The standard InChI is InChI=1S/C20H23NO4S2/c1-3-10-25-18-6-4-16(5-7-18)20(22)21(13-19-15(2)8-11-26-19)17-9-12-27(23,24)14-17/h3-8,11,17H,1,9-10,12-14H2,2H3. The molecule has 5 nitrogen and oxygen atoms in total. The number of carbonyl (C=O) groups excluding carboxylic acids is 1. The molecule has 3 rings (SSSR count). The van der Waals surface area contributed by atoms with Gasteiger partial charge in [0.25, 0.3) is 5.91 Å². The van der Waals surface area contributed by atoms with Gasteiger partial charge in [-0.3, -0.25) is 4.79 Å². The van der Waals surface area contributed by atoms with E-state index in [0.29, 0.717) is 30.9 Å². The summed E-state index contributed by atoms with van der Waals surface area (Å²) in [5.74, 6) is 0.679. The van der Waals surface area contributed by atoms with E-state index in [1.807, 2.05) is 18.4 Å². The normalized spacial score (nSPS) is 18.2. The zero-order valence-corrected chi connectivity index (χ0v) is 16.9. The molecular formula is C20H23NO4S2. The van der Waals surface area contributed by atoms with Crippen LogP contribution in [0.4, 0.5) is 0 Å². The Balaban J connectivity index is 1.84. The van der Waals surface area contributed by atoms with Crippen molar-refractivity contribution < 1.29 is 17.9 Å². The molecule has 1 aromatic carbocycles. The molecule has 7 heteroatoms. The molecule has 1 fully saturated rings. The topological polar surface area (TPSA) is 63.7 Å². The molecule has 1 aromatic heterocycles. The molecule has 1 amide bonds. The Kier molecular flexibility index (Phi) is 6.01. The maximum Gasteiger partial charge on any atom is 0.254 e. The molecule has 1 saturated heterocycles. The summed E-state index contributed by atoms with van der Waals surface area (Å²) < 4.78 is 29.4. The van der Waals surface area contributed by atoms with E-state index in [0.717, 1.165) is 10.4 Å². The molecule has 1 aliphatic rings. The molecule has 0 bridgehead atoms. The van der Waals surface area contributed by atoms with Crippen LogP contribution in [0, 0.1) is 6.92 Å². The number of hydrogen-bond acceptors (Lipinski definition) is 5. The minimum Gasteiger partial charge on any atom is -0.490 e. The molecule has 27 heavy (non-hydrogen) atoms. The monoisotopic (exact) mass is 405 g/mol. The molecule has 0 saturated carbocycles. The Morgan fingerprint density at radius 2 is 2.07 bits per heavy atom. The Labute approximate surface area is 164 Å². The van der Waals surface area contributed by atoms with Crippen molar-refractivity contribution in [3.05, 3.63) is 64.4 Å². The number of sulfone groups is 1. The molecule has 1 unspecified atom stereocenters. The molecule has 0 spiro atoms. The first-order valence-electron chi connectivity index (χ1n) is 8.78. The summed E-state index contributed by atoms with van der Waals surface area (Å²) in [6.07, 6.45) is 2.14. The molecule has 1 aliphatic heterocycles. The minimum absolute atomic E-state index is 0.0314. The van der Waals surface area contributed by atoms with Gasteiger partial charge >= 0.3 is 0 Å². The van der Waals surface area contributed by atoms with E-state index in [9.17, 15) is 13.2 Å². The Morgan fingerprint density at radius 3 is 2.63 bits per heavy atom. The van der Waals surface area contributed by atoms with Crippen molar-refractivity contribution in [3.63, 3.8) is 0 Å². The molecule has 144 valence electrons. The molecule has 0 radical (unpaired) electrons. The average Bonchev–Trinajstić information content (AvgIpc) is 3.22. The number of benzene rings is 1. The summed E-state index contributed by atoms with van der Waals surface area (Å²) in [4.78, 5) is 16.0. The van der Waals surface area contributed by atoms with Gasteiger partial charge in [0.15, 0.2) is 9.84 Å². The highest BCUT2D eigenvalue weighted by Crippen LogP contribution is 2.26. The third-order valence-electron chi connectivity index (χ3n) is 4.66. The number of amides is 1. The fourth-order valence-electron chi connectivity index (χ4n) is 3.12. The van der Waals surface area contributed by atoms with Gasteiger partial charge in [-0.25, -0.2) is 8.42 Å². The number of aryl methyl sites for hydroxylation is 1. The zero-order valence-electron chi connectivity index (χ0n) is 15.3. The summed E-state index contributed by atoms with van der Waals surface area (Å²) in [6, 6.07) is 8.66. The molecule has 1 atom stereocenters. The van der Waals surface area contributed by atoms with Crippen LogP contribution >= 0.6 is 11.3 Å². The van der Waals surface area contributed by atoms with Crippen molar-refractivity contribution >= 4 is 27.1 Å². The number of nitrogens with zero attached hydrogens (tertiary/aromatic N) is 1. The third kappa shape index (κ3) is 4.78. The second kappa shape index (κ2) is 8.27. The van der Waals surface area contributed by atoms with Gasteiger partial charge in [0.1, 0.15) is 12.4 Å². The largest absolute Gasteiger partial charge is 0.490 e. The van der Waals surface area contributed by atoms with E-state index < -0.39 is 9.84 Å². The van der Waals surface area contributed by atoms with Gasteiger partial charge in [0.05, 0.1) is 18.1 Å². The number of thiophene rings is 1. The molecular weight excluding hydrogens is 382 g/mol. The highest BCUT2D eigenvalue weighted by atomic mass is 32.2. The number of ether oxygens (including phenoxy) is 1. The van der Waals surface area contributed by atoms with Gasteiger partial charge in [-0.1, -0.05) is 12.7 Å². The van der Waals surface area contributed by atoms with Crippen molar-refractivity contribution in [2.75, 3.05) is 18.1 Å². The fraction of sp³-hybridized carbons (Fsp3) is 0.350. The summed E-state index contributed by atoms with van der Waals surface area (Å²) in [5, 5.41) is 1.99. The number of carbonyl (C=O) groups is 1. The van der Waals surface area contributed by atoms with Crippen LogP contribution in [0.1, 0.15) is 27.2 Å². The van der Waals surface area contributed by atoms with Crippen LogP contribution in [0.3, 0.4) is 0 Å². The second-order valence-electron chi connectivity index (χ2n) is 6.64. The van der Waals surface area contributed by atoms with Gasteiger partial charge in [-0.2, -0.15) is 0 Å². The SMILES string of the molecule is C=CCOc1ccc(C(=O)N(Cc2sccc2C)C2CCS(=O)(=O)C2)cc1. The highest BCUT2D eigenvalue weighted by molar-refractivity contribution is 7.91. The van der Waals surface area contributed by atoms with Gasteiger partial charge in [-0.15, -0.1) is 11.3 Å². The fourth-order valence-corrected chi connectivity index (χ4v) is 5.76. The molecule has 0 N–H and O–H groups in total. The van der Waals surface area contributed by atoms with E-state index in [1.54, 1.807) is 46.6 Å². The lowest BCUT2D eigenvalue weighted by Gasteiger charge is -2.28. The first-order valence-corrected chi connectivity index (χ1v) is 11.5. The first kappa shape index (κ1) is 19.6. The second-order valence-corrected chi connectivity index (χ2v) is 9.87. The van der Waals surface area contributed by atoms with Gasteiger partial charge < -0.3 is 9.64 Å². The van der Waals surface area contributed by atoms with E-state index in [-0.39, 0.29) is 23.5 Å². The van der Waals surface area contributed by atoms with Crippen LogP contribution < -0.4 is 4.74 Å². The Morgan fingerprint density at radius 1 is 1.33 bits per heavy atom. The lowest BCUT2D eigenvalue weighted by molar-refractivity contribution is 0.0683. The van der Waals surface area contributed by atoms with Crippen molar-refractivity contribution in [1.29, 1.82) is 0 Å². The zero-order chi connectivity index (χ0) is 19.4. The van der Waals surface area contributed by atoms with Crippen LogP contribution in [0.2, 0.25) is 0 Å². The highest BCUT2D eigenvalue weighted by Gasteiger charge is 2.35. The maximum atomic E-state index is 13.2. The van der Waals surface area contributed by atoms with Crippen molar-refractivity contribution in [3.8, 4) is 5.75 Å². The van der Waals surface area contributed by atoms with E-state index in [4.69, 9.17) is 4.74 Å². The molecule has 2 aromatic rings. The van der Waals surface area contributed by atoms with Gasteiger partial charge in [0, 0.05) is 16.5 Å². The molecule has 2 heterocycles. The van der Waals surface area contributed by atoms with Crippen molar-refractivity contribution in [2.45, 2.75) is 25.9 Å². The van der Waals surface area contributed by atoms with E-state index in [2.05, 4.69) is 6.58 Å². The summed E-state index contributed by atoms with van der Waals surface area (Å²) in [7, 11) is -3.08. The van der Waals surface area contributed by atoms with Gasteiger partial charge in [0.2, 0.25) is 0 Å². The summed E-state index contributed by atoms with van der Waals surface area (Å²) >= 11 is 1.59. The number of hydrogen-bond donors (Lipinski definition) is 0. The van der Waals surface area contributed by atoms with Crippen LogP contribution in [-0.4, -0.2) is 43.4 Å². The van der Waals surface area contributed by atoms with E-state index in [1.165, 1.54) is 0 Å². The average molecular weight is 406 g/mol. The van der Waals surface area contributed by atoms with Crippen LogP contribution in [0.15, 0.2) is 48.4 Å². The van der Waals surface area contributed by atoms with E-state index >= 15 is 0 Å². The number of rotatable bonds is 7. The predicted molar refractivity (Wildman–Crippen MR) is 108 cm³/mol. The maximum absolute atomic E-state index is 13.2. The van der Waals surface area contributed by atoms with Crippen molar-refractivity contribution in [1.82, 2.24) is 4.90 Å². The summed E-state index contributed by atoms with van der Waals surface area (Å²) in [5.41, 5.74) is 1.64. The van der Waals surface area contributed by atoms with Crippen LogP contribution in [-0.2, 0) is 16.4 Å². The van der Waals surface area contributed by atoms with Crippen LogP contribution in [0.5, 0.6) is 5.75 Å². The molecule has 0 aliphatic carbocycles. The summed E-state index contributed by atoms with van der Waals surface area (Å²) in [6.45, 7) is 6.44. The quantitative estimate of drug-likeness (QED) is 0.662. The third-order valence-corrected chi connectivity index (χ3v) is 7.42. The van der Waals surface area contributed by atoms with Gasteiger partial charge in [-0.05, 0) is 54.6 Å². The Hall–Kier alpha value is -2.12. The Bertz CT molecular complexity index is 916.